The number of hydrogen-bond acceptors (Lipinski definition) is 4. The Bertz CT molecular complexity index is 789. The number of carbonyl (C=O) groups excluding carboxylic acids is 1. The minimum absolute atomic E-state index is 0.107. The highest BCUT2D eigenvalue weighted by Gasteiger charge is 2.24. The first-order valence-corrected chi connectivity index (χ1v) is 9.10. The summed E-state index contributed by atoms with van der Waals surface area (Å²) < 4.78 is 0. The van der Waals surface area contributed by atoms with Crippen LogP contribution in [0.25, 0.3) is 0 Å². The van der Waals surface area contributed by atoms with Crippen LogP contribution < -0.4 is 5.32 Å². The standard InChI is InChI=1S/C20H24N4O/c1-14-21-11-16-9-10-24(12-19(16)22-14)13-20(25)23-18-8-4-6-15-5-2-3-7-17(15)18/h2-3,5,7,11,18H,4,6,8-10,12-13H2,1H3,(H,23,25)/t18-/m1/s1. The maximum absolute atomic E-state index is 12.6. The van der Waals surface area contributed by atoms with Crippen LogP contribution >= 0.6 is 0 Å². The van der Waals surface area contributed by atoms with E-state index in [0.717, 1.165) is 50.3 Å². The second-order valence-corrected chi connectivity index (χ2v) is 7.06. The number of rotatable bonds is 3. The first kappa shape index (κ1) is 16.2. The SMILES string of the molecule is Cc1ncc2c(n1)CN(CC(=O)N[C@@H]1CCCc3ccccc31)CC2. The number of nitrogens with zero attached hydrogens (tertiary/aromatic N) is 3. The van der Waals surface area contributed by atoms with Gasteiger partial charge >= 0.3 is 0 Å². The van der Waals surface area contributed by atoms with Gasteiger partial charge in [0.25, 0.3) is 0 Å². The molecule has 5 nitrogen and oxygen atoms in total. The predicted octanol–water partition coefficient (Wildman–Crippen LogP) is 2.34. The number of fused-ring (bicyclic) bond motifs is 2. The average Bonchev–Trinajstić information content (AvgIpc) is 2.61. The normalized spacial score (nSPS) is 19.8. The lowest BCUT2D eigenvalue weighted by Gasteiger charge is -2.30. The average molecular weight is 336 g/mol. The third-order valence-electron chi connectivity index (χ3n) is 5.22. The van der Waals surface area contributed by atoms with E-state index in [1.807, 2.05) is 13.1 Å². The summed E-state index contributed by atoms with van der Waals surface area (Å²) in [5.41, 5.74) is 4.94. The molecule has 1 N–H and O–H groups in total. The highest BCUT2D eigenvalue weighted by molar-refractivity contribution is 5.78. The number of amides is 1. The van der Waals surface area contributed by atoms with Gasteiger partial charge in [0.05, 0.1) is 18.3 Å². The van der Waals surface area contributed by atoms with Crippen molar-refractivity contribution in [2.24, 2.45) is 0 Å². The molecule has 0 spiro atoms. The molecule has 0 saturated carbocycles. The topological polar surface area (TPSA) is 58.1 Å². The van der Waals surface area contributed by atoms with Crippen molar-refractivity contribution in [3.8, 4) is 0 Å². The summed E-state index contributed by atoms with van der Waals surface area (Å²) >= 11 is 0. The zero-order valence-corrected chi connectivity index (χ0v) is 14.7. The lowest BCUT2D eigenvalue weighted by atomic mass is 9.88. The van der Waals surface area contributed by atoms with Gasteiger partial charge in [0.2, 0.25) is 5.91 Å². The van der Waals surface area contributed by atoms with Gasteiger partial charge in [0, 0.05) is 19.3 Å². The van der Waals surface area contributed by atoms with E-state index in [4.69, 9.17) is 0 Å². The molecule has 25 heavy (non-hydrogen) atoms. The molecule has 1 aliphatic carbocycles. The number of carbonyl (C=O) groups is 1. The molecule has 0 bridgehead atoms. The van der Waals surface area contributed by atoms with Crippen molar-refractivity contribution >= 4 is 5.91 Å². The molecule has 0 fully saturated rings. The van der Waals surface area contributed by atoms with Crippen LogP contribution in [0.3, 0.4) is 0 Å². The number of hydrogen-bond donors (Lipinski definition) is 1. The van der Waals surface area contributed by atoms with Crippen molar-refractivity contribution < 1.29 is 4.79 Å². The van der Waals surface area contributed by atoms with E-state index in [1.54, 1.807) is 0 Å². The molecule has 130 valence electrons. The predicted molar refractivity (Wildman–Crippen MR) is 96.0 cm³/mol. The summed E-state index contributed by atoms with van der Waals surface area (Å²) in [5.74, 6) is 0.903. The number of aromatic nitrogens is 2. The van der Waals surface area contributed by atoms with E-state index in [0.29, 0.717) is 6.54 Å². The molecule has 1 aliphatic heterocycles. The van der Waals surface area contributed by atoms with E-state index in [-0.39, 0.29) is 11.9 Å². The molecule has 2 aliphatic rings. The maximum Gasteiger partial charge on any atom is 0.234 e. The second kappa shape index (κ2) is 6.92. The number of aryl methyl sites for hydroxylation is 2. The number of nitrogens with one attached hydrogen (secondary N) is 1. The molecule has 0 unspecified atom stereocenters. The van der Waals surface area contributed by atoms with E-state index in [2.05, 4.69) is 44.5 Å². The molecule has 5 heteroatoms. The molecule has 1 aromatic heterocycles. The molecule has 1 atom stereocenters. The fourth-order valence-electron chi connectivity index (χ4n) is 3.94. The Morgan fingerprint density at radius 3 is 3.08 bits per heavy atom. The zero-order valence-electron chi connectivity index (χ0n) is 14.7. The number of benzene rings is 1. The monoisotopic (exact) mass is 336 g/mol. The molecule has 0 radical (unpaired) electrons. The second-order valence-electron chi connectivity index (χ2n) is 7.06. The van der Waals surface area contributed by atoms with Gasteiger partial charge in [0.1, 0.15) is 5.82 Å². The van der Waals surface area contributed by atoms with Crippen molar-refractivity contribution in [2.75, 3.05) is 13.1 Å². The van der Waals surface area contributed by atoms with E-state index < -0.39 is 0 Å². The van der Waals surface area contributed by atoms with Gasteiger partial charge in [-0.2, -0.15) is 0 Å². The van der Waals surface area contributed by atoms with Crippen LogP contribution in [-0.4, -0.2) is 33.9 Å². The lowest BCUT2D eigenvalue weighted by molar-refractivity contribution is -0.123. The maximum atomic E-state index is 12.6. The van der Waals surface area contributed by atoms with Gasteiger partial charge in [-0.15, -0.1) is 0 Å². The fraction of sp³-hybridized carbons (Fsp3) is 0.450. The lowest BCUT2D eigenvalue weighted by Crippen LogP contribution is -2.42. The summed E-state index contributed by atoms with van der Waals surface area (Å²) in [4.78, 5) is 23.6. The fourth-order valence-corrected chi connectivity index (χ4v) is 3.94. The van der Waals surface area contributed by atoms with Crippen LogP contribution in [0.4, 0.5) is 0 Å². The molecule has 2 aromatic rings. The molecule has 4 rings (SSSR count). The van der Waals surface area contributed by atoms with Gasteiger partial charge in [-0.25, -0.2) is 9.97 Å². The minimum Gasteiger partial charge on any atom is -0.348 e. The van der Waals surface area contributed by atoms with E-state index in [1.165, 1.54) is 16.7 Å². The Balaban J connectivity index is 1.39. The van der Waals surface area contributed by atoms with Crippen molar-refractivity contribution in [1.82, 2.24) is 20.2 Å². The Hall–Kier alpha value is -2.27. The third kappa shape index (κ3) is 3.56. The summed E-state index contributed by atoms with van der Waals surface area (Å²) in [6.45, 7) is 3.95. The summed E-state index contributed by atoms with van der Waals surface area (Å²) in [5, 5.41) is 3.24. The first-order valence-electron chi connectivity index (χ1n) is 9.10. The molecule has 0 saturated heterocycles. The first-order chi connectivity index (χ1) is 12.2. The van der Waals surface area contributed by atoms with Crippen LogP contribution in [0.5, 0.6) is 0 Å². The van der Waals surface area contributed by atoms with Crippen LogP contribution in [0.2, 0.25) is 0 Å². The highest BCUT2D eigenvalue weighted by atomic mass is 16.2. The van der Waals surface area contributed by atoms with Gasteiger partial charge in [-0.1, -0.05) is 24.3 Å². The Kier molecular flexibility index (Phi) is 4.49. The largest absolute Gasteiger partial charge is 0.348 e. The van der Waals surface area contributed by atoms with E-state index in [9.17, 15) is 4.79 Å². The van der Waals surface area contributed by atoms with Gasteiger partial charge in [0.15, 0.2) is 0 Å². The van der Waals surface area contributed by atoms with Gasteiger partial charge < -0.3 is 5.32 Å². The molecule has 1 aromatic carbocycles. The summed E-state index contributed by atoms with van der Waals surface area (Å²) in [6, 6.07) is 8.62. The molecule has 1 amide bonds. The van der Waals surface area contributed by atoms with Crippen molar-refractivity contribution in [3.05, 3.63) is 58.7 Å². The van der Waals surface area contributed by atoms with E-state index >= 15 is 0 Å². The molecule has 2 heterocycles. The smallest absolute Gasteiger partial charge is 0.234 e. The summed E-state index contributed by atoms with van der Waals surface area (Å²) in [6.07, 6.45) is 6.11. The molecular weight excluding hydrogens is 312 g/mol. The van der Waals surface area contributed by atoms with Gasteiger partial charge in [-0.3, -0.25) is 9.69 Å². The van der Waals surface area contributed by atoms with Crippen LogP contribution in [0.15, 0.2) is 30.5 Å². The van der Waals surface area contributed by atoms with Crippen LogP contribution in [0, 0.1) is 6.92 Å². The van der Waals surface area contributed by atoms with Crippen molar-refractivity contribution in [2.45, 2.75) is 45.2 Å². The summed E-state index contributed by atoms with van der Waals surface area (Å²) in [7, 11) is 0. The Morgan fingerprint density at radius 2 is 2.16 bits per heavy atom. The van der Waals surface area contributed by atoms with Crippen molar-refractivity contribution in [1.29, 1.82) is 0 Å². The Labute approximate surface area is 148 Å². The third-order valence-corrected chi connectivity index (χ3v) is 5.22. The highest BCUT2D eigenvalue weighted by Crippen LogP contribution is 2.29. The minimum atomic E-state index is 0.107. The van der Waals surface area contributed by atoms with Gasteiger partial charge in [-0.05, 0) is 49.3 Å². The van der Waals surface area contributed by atoms with Crippen molar-refractivity contribution in [3.63, 3.8) is 0 Å². The van der Waals surface area contributed by atoms with Crippen LogP contribution in [0.1, 0.15) is 47.1 Å². The van der Waals surface area contributed by atoms with Crippen LogP contribution in [-0.2, 0) is 24.2 Å². The Morgan fingerprint density at radius 1 is 1.28 bits per heavy atom. The quantitative estimate of drug-likeness (QED) is 0.935. The zero-order chi connectivity index (χ0) is 17.2. The molecular formula is C20H24N4O.